The Morgan fingerprint density at radius 1 is 1.11 bits per heavy atom. The van der Waals surface area contributed by atoms with E-state index in [1.165, 1.54) is 29.9 Å². The molecule has 3 N–H and O–H groups in total. The number of nitrogens with zero attached hydrogens (tertiary/aromatic N) is 3. The highest BCUT2D eigenvalue weighted by atomic mass is 32.1. The van der Waals surface area contributed by atoms with Crippen LogP contribution in [0.3, 0.4) is 0 Å². The topological polar surface area (TPSA) is 126 Å². The minimum Gasteiger partial charge on any atom is -0.444 e. The quantitative estimate of drug-likeness (QED) is 0.434. The molecule has 0 saturated carbocycles. The number of ether oxygens (including phenoxy) is 1. The predicted molar refractivity (Wildman–Crippen MR) is 143 cm³/mol. The Labute approximate surface area is 219 Å². The molecule has 1 aliphatic heterocycles. The first-order valence-corrected chi connectivity index (χ1v) is 12.8. The molecule has 0 radical (unpaired) electrons. The van der Waals surface area contributed by atoms with Crippen molar-refractivity contribution in [3.63, 3.8) is 0 Å². The molecule has 1 aliphatic rings. The van der Waals surface area contributed by atoms with Gasteiger partial charge in [0.1, 0.15) is 10.6 Å². The fourth-order valence-corrected chi connectivity index (χ4v) is 4.92. The van der Waals surface area contributed by atoms with Crippen molar-refractivity contribution in [3.05, 3.63) is 60.6 Å². The maximum atomic E-state index is 13.4. The highest BCUT2D eigenvalue weighted by molar-refractivity contribution is 7.20. The van der Waals surface area contributed by atoms with Gasteiger partial charge in [-0.2, -0.15) is 0 Å². The minimum absolute atomic E-state index is 0.241. The first-order chi connectivity index (χ1) is 17.7. The summed E-state index contributed by atoms with van der Waals surface area (Å²) in [4.78, 5) is 49.0. The smallest absolute Gasteiger partial charge is 0.410 e. The predicted octanol–water partition coefficient (Wildman–Crippen LogP) is 4.98. The number of benzene rings is 1. The van der Waals surface area contributed by atoms with Crippen molar-refractivity contribution in [1.29, 1.82) is 0 Å². The second kappa shape index (κ2) is 11.4. The fourth-order valence-electron chi connectivity index (χ4n) is 3.86. The van der Waals surface area contributed by atoms with Crippen molar-refractivity contribution in [2.45, 2.75) is 45.3 Å². The lowest BCUT2D eigenvalue weighted by Gasteiger charge is -2.34. The molecule has 3 aromatic rings. The summed E-state index contributed by atoms with van der Waals surface area (Å²) in [5, 5.41) is 8.83. The third-order valence-electron chi connectivity index (χ3n) is 5.48. The van der Waals surface area contributed by atoms with Gasteiger partial charge in [0.15, 0.2) is 5.82 Å². The maximum absolute atomic E-state index is 13.4. The van der Waals surface area contributed by atoms with Crippen LogP contribution >= 0.6 is 11.3 Å². The van der Waals surface area contributed by atoms with Gasteiger partial charge in [-0.05, 0) is 45.2 Å². The van der Waals surface area contributed by atoms with Gasteiger partial charge in [0, 0.05) is 36.4 Å². The molecule has 0 spiro atoms. The number of likely N-dealkylation sites (tertiary alicyclic amines) is 1. The zero-order valence-corrected chi connectivity index (χ0v) is 21.8. The van der Waals surface area contributed by atoms with Gasteiger partial charge in [-0.25, -0.2) is 14.6 Å². The Hall–Kier alpha value is -3.99. The summed E-state index contributed by atoms with van der Waals surface area (Å²) >= 11 is 1.30. The number of piperidine rings is 1. The number of carbonyl (C=O) groups excluding carboxylic acids is 3. The number of amides is 4. The first-order valence-electron chi connectivity index (χ1n) is 12.0. The van der Waals surface area contributed by atoms with E-state index in [0.717, 1.165) is 23.3 Å². The van der Waals surface area contributed by atoms with Crippen molar-refractivity contribution in [3.8, 4) is 10.4 Å². The molecule has 1 saturated heterocycles. The van der Waals surface area contributed by atoms with Gasteiger partial charge in [0.2, 0.25) is 0 Å². The molecule has 0 aliphatic carbocycles. The van der Waals surface area contributed by atoms with Crippen LogP contribution in [0.4, 0.5) is 20.4 Å². The fraction of sp³-hybridized carbons (Fsp3) is 0.346. The van der Waals surface area contributed by atoms with Crippen LogP contribution < -0.4 is 16.0 Å². The number of rotatable bonds is 5. The number of urea groups is 1. The summed E-state index contributed by atoms with van der Waals surface area (Å²) in [6.45, 7) is 6.40. The molecule has 10 nitrogen and oxygen atoms in total. The third-order valence-corrected chi connectivity index (χ3v) is 6.57. The van der Waals surface area contributed by atoms with Gasteiger partial charge >= 0.3 is 12.1 Å². The average molecular weight is 523 g/mol. The zero-order valence-electron chi connectivity index (χ0n) is 21.0. The van der Waals surface area contributed by atoms with E-state index < -0.39 is 17.7 Å². The molecular formula is C26H30N6O4S. The van der Waals surface area contributed by atoms with Crippen molar-refractivity contribution in [2.24, 2.45) is 0 Å². The number of nitrogens with one attached hydrogen (secondary N) is 3. The second-order valence-electron chi connectivity index (χ2n) is 9.63. The van der Waals surface area contributed by atoms with Gasteiger partial charge in [0.05, 0.1) is 11.8 Å². The van der Waals surface area contributed by atoms with Gasteiger partial charge in [-0.15, -0.1) is 11.3 Å². The summed E-state index contributed by atoms with van der Waals surface area (Å²) < 4.78 is 5.49. The average Bonchev–Trinajstić information content (AvgIpc) is 3.28. The van der Waals surface area contributed by atoms with Gasteiger partial charge in [-0.3, -0.25) is 20.4 Å². The van der Waals surface area contributed by atoms with Crippen LogP contribution in [0.15, 0.2) is 55.0 Å². The Morgan fingerprint density at radius 3 is 2.59 bits per heavy atom. The molecule has 2 aromatic heterocycles. The van der Waals surface area contributed by atoms with E-state index in [1.54, 1.807) is 11.0 Å². The van der Waals surface area contributed by atoms with Crippen LogP contribution in [0.5, 0.6) is 0 Å². The molecule has 3 heterocycles. The monoisotopic (exact) mass is 522 g/mol. The number of carbonyl (C=O) groups is 3. The van der Waals surface area contributed by atoms with E-state index in [0.29, 0.717) is 23.7 Å². The SMILES string of the molecule is CC(C)(C)OC(=O)N1CCC[C@H](NC(=O)c2cc(-c3ccccc3)sc2NC(=O)Nc2cnccn2)C1. The van der Waals surface area contributed by atoms with Crippen LogP contribution in [0, 0.1) is 0 Å². The van der Waals surface area contributed by atoms with Crippen LogP contribution in [-0.2, 0) is 4.74 Å². The number of anilines is 2. The molecular weight excluding hydrogens is 492 g/mol. The summed E-state index contributed by atoms with van der Waals surface area (Å²) in [6, 6.07) is 10.6. The van der Waals surface area contributed by atoms with Crippen molar-refractivity contribution < 1.29 is 19.1 Å². The molecule has 4 rings (SSSR count). The Bertz CT molecular complexity index is 1240. The number of thiophene rings is 1. The number of aromatic nitrogens is 2. The summed E-state index contributed by atoms with van der Waals surface area (Å²) in [5.74, 6) is -0.0421. The van der Waals surface area contributed by atoms with Crippen LogP contribution in [0.2, 0.25) is 0 Å². The summed E-state index contributed by atoms with van der Waals surface area (Å²) in [6.07, 6.45) is 5.49. The number of hydrogen-bond acceptors (Lipinski definition) is 7. The largest absolute Gasteiger partial charge is 0.444 e. The van der Waals surface area contributed by atoms with Gasteiger partial charge in [0.25, 0.3) is 5.91 Å². The molecule has 0 unspecified atom stereocenters. The van der Waals surface area contributed by atoms with E-state index in [1.807, 2.05) is 51.1 Å². The van der Waals surface area contributed by atoms with Crippen molar-refractivity contribution in [2.75, 3.05) is 23.7 Å². The lowest BCUT2D eigenvalue weighted by Crippen LogP contribution is -2.50. The Morgan fingerprint density at radius 2 is 1.89 bits per heavy atom. The minimum atomic E-state index is -0.593. The lowest BCUT2D eigenvalue weighted by molar-refractivity contribution is 0.0185. The molecule has 1 atom stereocenters. The third kappa shape index (κ3) is 7.26. The first kappa shape index (κ1) is 26.1. The van der Waals surface area contributed by atoms with E-state index in [-0.39, 0.29) is 17.8 Å². The standard InChI is InChI=1S/C26H30N6O4S/c1-26(2,3)36-25(35)32-13-7-10-18(16-32)29-22(33)19-14-20(17-8-5-4-6-9-17)37-23(19)31-24(34)30-21-15-27-11-12-28-21/h4-6,8-9,11-12,14-15,18H,7,10,13,16H2,1-3H3,(H,29,33)(H2,28,30,31,34)/t18-/m0/s1. The van der Waals surface area contributed by atoms with E-state index in [4.69, 9.17) is 4.74 Å². The molecule has 4 amide bonds. The van der Waals surface area contributed by atoms with Gasteiger partial charge in [-0.1, -0.05) is 30.3 Å². The molecule has 1 aromatic carbocycles. The normalized spacial score (nSPS) is 15.5. The second-order valence-corrected chi connectivity index (χ2v) is 10.7. The Kier molecular flexibility index (Phi) is 8.02. The maximum Gasteiger partial charge on any atom is 0.410 e. The van der Waals surface area contributed by atoms with Gasteiger partial charge < -0.3 is 15.0 Å². The summed E-state index contributed by atoms with van der Waals surface area (Å²) in [7, 11) is 0. The molecule has 0 bridgehead atoms. The molecule has 11 heteroatoms. The zero-order chi connectivity index (χ0) is 26.4. The van der Waals surface area contributed by atoms with Crippen molar-refractivity contribution >= 4 is 40.2 Å². The number of hydrogen-bond donors (Lipinski definition) is 3. The van der Waals surface area contributed by atoms with Crippen LogP contribution in [0.25, 0.3) is 10.4 Å². The molecule has 37 heavy (non-hydrogen) atoms. The lowest BCUT2D eigenvalue weighted by atomic mass is 10.1. The Balaban J connectivity index is 1.50. The van der Waals surface area contributed by atoms with E-state index >= 15 is 0 Å². The van der Waals surface area contributed by atoms with Crippen molar-refractivity contribution in [1.82, 2.24) is 20.2 Å². The molecule has 194 valence electrons. The summed E-state index contributed by atoms with van der Waals surface area (Å²) in [5.41, 5.74) is 0.676. The van der Waals surface area contributed by atoms with E-state index in [2.05, 4.69) is 25.9 Å². The molecule has 1 fully saturated rings. The highest BCUT2D eigenvalue weighted by Crippen LogP contribution is 2.35. The van der Waals surface area contributed by atoms with E-state index in [9.17, 15) is 14.4 Å². The van der Waals surface area contributed by atoms with Crippen LogP contribution in [-0.4, -0.2) is 57.6 Å². The van der Waals surface area contributed by atoms with Crippen LogP contribution in [0.1, 0.15) is 44.0 Å². The highest BCUT2D eigenvalue weighted by Gasteiger charge is 2.29.